The van der Waals surface area contributed by atoms with Crippen LogP contribution in [0.3, 0.4) is 0 Å². The van der Waals surface area contributed by atoms with Crippen LogP contribution in [0.1, 0.15) is 6.92 Å². The zero-order valence-electron chi connectivity index (χ0n) is 11.0. The van der Waals surface area contributed by atoms with Crippen LogP contribution in [-0.4, -0.2) is 35.7 Å². The zero-order valence-corrected chi connectivity index (χ0v) is 12.5. The highest BCUT2D eigenvalue weighted by Crippen LogP contribution is 2.46. The number of halogens is 8. The lowest BCUT2D eigenvalue weighted by Gasteiger charge is -2.32. The van der Waals surface area contributed by atoms with Gasteiger partial charge < -0.3 is 4.90 Å². The van der Waals surface area contributed by atoms with Gasteiger partial charge in [0.25, 0.3) is 0 Å². The van der Waals surface area contributed by atoms with Gasteiger partial charge in [-0.2, -0.15) is 26.3 Å². The first-order valence-corrected chi connectivity index (χ1v) is 6.22. The summed E-state index contributed by atoms with van der Waals surface area (Å²) in [6.07, 6.45) is 0. The number of rotatable bonds is 4. The largest absolute Gasteiger partial charge is 0.393 e. The standard InChI is InChI=1S/C11H8Cl2F6N2O/c1-9(14,15)11(18,19)10(16,17)8(22)21(2)5-3-6(12)20-7(13)4-5/h3-4H,1-2H3. The Bertz CT molecular complexity index is 570. The Labute approximate surface area is 130 Å². The SMILES string of the molecule is CN(C(=O)C(F)(F)C(F)(F)C(C)(F)F)c1cc(Cl)nc(Cl)c1. The molecule has 0 saturated carbocycles. The number of carbonyl (C=O) groups is 1. The third-order valence-corrected chi connectivity index (χ3v) is 3.04. The Balaban J connectivity index is 3.23. The molecule has 0 fully saturated rings. The summed E-state index contributed by atoms with van der Waals surface area (Å²) in [5.74, 6) is -19.2. The molecule has 0 radical (unpaired) electrons. The minimum absolute atomic E-state index is 0.0408. The molecule has 124 valence electrons. The second-order valence-electron chi connectivity index (χ2n) is 4.37. The molecule has 1 aromatic heterocycles. The van der Waals surface area contributed by atoms with Gasteiger partial charge in [-0.1, -0.05) is 23.2 Å². The van der Waals surface area contributed by atoms with Crippen molar-refractivity contribution in [3.63, 3.8) is 0 Å². The summed E-state index contributed by atoms with van der Waals surface area (Å²) >= 11 is 11.0. The lowest BCUT2D eigenvalue weighted by molar-refractivity contribution is -0.290. The van der Waals surface area contributed by atoms with Gasteiger partial charge >= 0.3 is 23.7 Å². The van der Waals surface area contributed by atoms with Crippen molar-refractivity contribution in [3.8, 4) is 0 Å². The van der Waals surface area contributed by atoms with E-state index < -0.39 is 36.3 Å². The maximum absolute atomic E-state index is 13.5. The van der Waals surface area contributed by atoms with Crippen LogP contribution in [0, 0.1) is 0 Å². The first-order valence-electron chi connectivity index (χ1n) is 5.46. The number of aromatic nitrogens is 1. The van der Waals surface area contributed by atoms with E-state index in [9.17, 15) is 31.1 Å². The molecule has 22 heavy (non-hydrogen) atoms. The number of nitrogens with zero attached hydrogens (tertiary/aromatic N) is 2. The zero-order chi connectivity index (χ0) is 17.5. The van der Waals surface area contributed by atoms with Crippen LogP contribution in [0.15, 0.2) is 12.1 Å². The van der Waals surface area contributed by atoms with Gasteiger partial charge in [-0.3, -0.25) is 4.79 Å². The number of anilines is 1. The minimum Gasteiger partial charge on any atom is -0.310 e. The van der Waals surface area contributed by atoms with E-state index in [1.54, 1.807) is 0 Å². The summed E-state index contributed by atoms with van der Waals surface area (Å²) in [4.78, 5) is 15.0. The fraction of sp³-hybridized carbons (Fsp3) is 0.455. The molecule has 11 heteroatoms. The fourth-order valence-corrected chi connectivity index (χ4v) is 1.83. The van der Waals surface area contributed by atoms with Crippen LogP contribution in [-0.2, 0) is 4.79 Å². The fourth-order valence-electron chi connectivity index (χ4n) is 1.38. The summed E-state index contributed by atoms with van der Waals surface area (Å²) in [5, 5.41) is -0.615. The molecule has 0 unspecified atom stereocenters. The Hall–Kier alpha value is -1.22. The number of carbonyl (C=O) groups excluding carboxylic acids is 1. The third-order valence-electron chi connectivity index (χ3n) is 2.65. The van der Waals surface area contributed by atoms with Gasteiger partial charge in [0.15, 0.2) is 0 Å². The molecule has 0 saturated heterocycles. The highest BCUT2D eigenvalue weighted by atomic mass is 35.5. The van der Waals surface area contributed by atoms with E-state index in [0.717, 1.165) is 12.1 Å². The summed E-state index contributed by atoms with van der Waals surface area (Å²) in [7, 11) is 0.683. The molecule has 1 aromatic rings. The summed E-state index contributed by atoms with van der Waals surface area (Å²) in [6.45, 7) is -0.408. The second kappa shape index (κ2) is 5.77. The van der Waals surface area contributed by atoms with Crippen molar-refractivity contribution in [2.45, 2.75) is 24.7 Å². The predicted molar refractivity (Wildman–Crippen MR) is 68.2 cm³/mol. The summed E-state index contributed by atoms with van der Waals surface area (Å²) in [5.41, 5.74) is -0.412. The average Bonchev–Trinajstić information content (AvgIpc) is 2.34. The van der Waals surface area contributed by atoms with Crippen molar-refractivity contribution in [1.29, 1.82) is 0 Å². The van der Waals surface area contributed by atoms with Crippen LogP contribution in [0.4, 0.5) is 32.0 Å². The first-order chi connectivity index (χ1) is 9.71. The number of amides is 1. The maximum atomic E-state index is 13.5. The van der Waals surface area contributed by atoms with Gasteiger partial charge in [-0.05, 0) is 12.1 Å². The Morgan fingerprint density at radius 1 is 1.09 bits per heavy atom. The van der Waals surface area contributed by atoms with Gasteiger partial charge in [0.05, 0.1) is 0 Å². The molecule has 0 N–H and O–H groups in total. The normalized spacial score (nSPS) is 13.2. The molecule has 1 amide bonds. The highest BCUT2D eigenvalue weighted by Gasteiger charge is 2.73. The molecular weight excluding hydrogens is 361 g/mol. The second-order valence-corrected chi connectivity index (χ2v) is 5.15. The first kappa shape index (κ1) is 18.8. The predicted octanol–water partition coefficient (Wildman–Crippen LogP) is 4.28. The van der Waals surface area contributed by atoms with Gasteiger partial charge in [0.2, 0.25) is 0 Å². The van der Waals surface area contributed by atoms with Crippen LogP contribution >= 0.6 is 23.2 Å². The van der Waals surface area contributed by atoms with Gasteiger partial charge in [-0.25, -0.2) is 4.98 Å². The molecule has 0 aromatic carbocycles. The molecule has 0 aliphatic rings. The van der Waals surface area contributed by atoms with Crippen molar-refractivity contribution in [3.05, 3.63) is 22.4 Å². The highest BCUT2D eigenvalue weighted by molar-refractivity contribution is 6.33. The van der Waals surface area contributed by atoms with Crippen LogP contribution < -0.4 is 4.90 Å². The number of pyridine rings is 1. The minimum atomic E-state index is -5.88. The van der Waals surface area contributed by atoms with E-state index in [4.69, 9.17) is 23.2 Å². The number of hydrogen-bond acceptors (Lipinski definition) is 2. The van der Waals surface area contributed by atoms with Crippen molar-refractivity contribution in [2.24, 2.45) is 0 Å². The Morgan fingerprint density at radius 3 is 1.86 bits per heavy atom. The van der Waals surface area contributed by atoms with Crippen LogP contribution in [0.5, 0.6) is 0 Å². The van der Waals surface area contributed by atoms with E-state index in [2.05, 4.69) is 4.98 Å². The van der Waals surface area contributed by atoms with Crippen molar-refractivity contribution in [1.82, 2.24) is 4.98 Å². The molecule has 0 atom stereocenters. The molecule has 1 heterocycles. The van der Waals surface area contributed by atoms with Gasteiger partial charge in [-0.15, -0.1) is 0 Å². The molecule has 3 nitrogen and oxygen atoms in total. The monoisotopic (exact) mass is 368 g/mol. The number of hydrogen-bond donors (Lipinski definition) is 0. The molecule has 0 aliphatic carbocycles. The smallest absolute Gasteiger partial charge is 0.310 e. The molecular formula is C11H8Cl2F6N2O. The molecule has 0 bridgehead atoms. The van der Waals surface area contributed by atoms with E-state index in [0.29, 0.717) is 7.05 Å². The lowest BCUT2D eigenvalue weighted by atomic mass is 10.0. The van der Waals surface area contributed by atoms with E-state index in [-0.39, 0.29) is 15.2 Å². The Kier molecular flexibility index (Phi) is 4.94. The van der Waals surface area contributed by atoms with Crippen molar-refractivity contribution < 1.29 is 31.1 Å². The molecule has 0 spiro atoms. The number of alkyl halides is 6. The molecule has 0 aliphatic heterocycles. The lowest BCUT2D eigenvalue weighted by Crippen LogP contribution is -2.60. The quantitative estimate of drug-likeness (QED) is 0.587. The summed E-state index contributed by atoms with van der Waals surface area (Å²) < 4.78 is 78.8. The van der Waals surface area contributed by atoms with E-state index in [1.165, 1.54) is 0 Å². The maximum Gasteiger partial charge on any atom is 0.393 e. The van der Waals surface area contributed by atoms with E-state index in [1.807, 2.05) is 0 Å². The van der Waals surface area contributed by atoms with Crippen LogP contribution in [0.25, 0.3) is 0 Å². The van der Waals surface area contributed by atoms with Crippen LogP contribution in [0.2, 0.25) is 10.3 Å². The van der Waals surface area contributed by atoms with Gasteiger partial charge in [0, 0.05) is 19.7 Å². The van der Waals surface area contributed by atoms with Gasteiger partial charge in [0.1, 0.15) is 10.3 Å². The Morgan fingerprint density at radius 2 is 1.50 bits per heavy atom. The third kappa shape index (κ3) is 3.24. The van der Waals surface area contributed by atoms with Crippen molar-refractivity contribution in [2.75, 3.05) is 11.9 Å². The van der Waals surface area contributed by atoms with Crippen molar-refractivity contribution >= 4 is 34.8 Å². The molecule has 1 rings (SSSR count). The topological polar surface area (TPSA) is 33.2 Å². The summed E-state index contributed by atoms with van der Waals surface area (Å²) in [6, 6.07) is 1.76. The van der Waals surface area contributed by atoms with E-state index >= 15 is 0 Å². The average molecular weight is 369 g/mol.